The molecule has 2 atom stereocenters. The van der Waals surface area contributed by atoms with Gasteiger partial charge < -0.3 is 20.5 Å². The van der Waals surface area contributed by atoms with E-state index in [-0.39, 0.29) is 12.0 Å². The minimum Gasteiger partial charge on any atom is -0.385 e. The predicted octanol–water partition coefficient (Wildman–Crippen LogP) is 0.0355. The quantitative estimate of drug-likeness (QED) is 0.675. The van der Waals surface area contributed by atoms with Crippen molar-refractivity contribution in [2.45, 2.75) is 37.8 Å². The molecule has 0 aromatic heterocycles. The zero-order valence-corrected chi connectivity index (χ0v) is 9.91. The second-order valence-corrected chi connectivity index (χ2v) is 4.12. The van der Waals surface area contributed by atoms with Crippen LogP contribution in [0.25, 0.3) is 0 Å². The SMILES string of the molecule is COCCC(N)C(=O)NCC1CCCCO1. The summed E-state index contributed by atoms with van der Waals surface area (Å²) in [6, 6.07) is -0.483. The van der Waals surface area contributed by atoms with Gasteiger partial charge in [0.25, 0.3) is 0 Å². The molecule has 0 aliphatic carbocycles. The van der Waals surface area contributed by atoms with E-state index in [0.717, 1.165) is 19.4 Å². The van der Waals surface area contributed by atoms with E-state index in [0.29, 0.717) is 19.6 Å². The first-order valence-corrected chi connectivity index (χ1v) is 5.88. The number of amides is 1. The average Bonchev–Trinajstić information content (AvgIpc) is 2.34. The monoisotopic (exact) mass is 230 g/mol. The van der Waals surface area contributed by atoms with E-state index in [4.69, 9.17) is 15.2 Å². The Morgan fingerprint density at radius 2 is 2.44 bits per heavy atom. The molecule has 1 aliphatic rings. The van der Waals surface area contributed by atoms with Gasteiger partial charge in [-0.25, -0.2) is 0 Å². The number of ether oxygens (including phenoxy) is 2. The summed E-state index contributed by atoms with van der Waals surface area (Å²) in [5, 5.41) is 2.82. The molecule has 5 heteroatoms. The van der Waals surface area contributed by atoms with Crippen LogP contribution in [0, 0.1) is 0 Å². The van der Waals surface area contributed by atoms with Crippen LogP contribution in [0.15, 0.2) is 0 Å². The van der Waals surface area contributed by atoms with Gasteiger partial charge in [-0.1, -0.05) is 0 Å². The van der Waals surface area contributed by atoms with E-state index in [9.17, 15) is 4.79 Å². The van der Waals surface area contributed by atoms with E-state index < -0.39 is 6.04 Å². The molecule has 1 rings (SSSR count). The Bertz CT molecular complexity index is 205. The van der Waals surface area contributed by atoms with Gasteiger partial charge in [0, 0.05) is 26.9 Å². The van der Waals surface area contributed by atoms with Crippen molar-refractivity contribution in [1.29, 1.82) is 0 Å². The summed E-state index contributed by atoms with van der Waals surface area (Å²) >= 11 is 0. The summed E-state index contributed by atoms with van der Waals surface area (Å²) in [6.45, 7) is 1.88. The lowest BCUT2D eigenvalue weighted by molar-refractivity contribution is -0.123. The number of carbonyl (C=O) groups excluding carboxylic acids is 1. The fourth-order valence-corrected chi connectivity index (χ4v) is 1.69. The van der Waals surface area contributed by atoms with Crippen molar-refractivity contribution in [1.82, 2.24) is 5.32 Å². The van der Waals surface area contributed by atoms with Gasteiger partial charge in [0.1, 0.15) is 0 Å². The highest BCUT2D eigenvalue weighted by Gasteiger charge is 2.17. The molecule has 1 aliphatic heterocycles. The van der Waals surface area contributed by atoms with Crippen LogP contribution in [-0.2, 0) is 14.3 Å². The molecule has 1 saturated heterocycles. The van der Waals surface area contributed by atoms with Gasteiger partial charge in [-0.15, -0.1) is 0 Å². The number of hydrogen-bond acceptors (Lipinski definition) is 4. The van der Waals surface area contributed by atoms with Crippen LogP contribution in [0.1, 0.15) is 25.7 Å². The molecule has 0 aromatic rings. The number of nitrogens with one attached hydrogen (secondary N) is 1. The number of methoxy groups -OCH3 is 1. The second kappa shape index (κ2) is 7.60. The molecule has 1 fully saturated rings. The molecule has 3 N–H and O–H groups in total. The lowest BCUT2D eigenvalue weighted by Crippen LogP contribution is -2.44. The number of hydrogen-bond donors (Lipinski definition) is 2. The Hall–Kier alpha value is -0.650. The molecule has 94 valence electrons. The average molecular weight is 230 g/mol. The maximum atomic E-state index is 11.5. The van der Waals surface area contributed by atoms with E-state index in [1.807, 2.05) is 0 Å². The van der Waals surface area contributed by atoms with Crippen LogP contribution in [0.3, 0.4) is 0 Å². The summed E-state index contributed by atoms with van der Waals surface area (Å²) in [5.41, 5.74) is 5.69. The van der Waals surface area contributed by atoms with Crippen molar-refractivity contribution in [3.63, 3.8) is 0 Å². The molecular formula is C11H22N2O3. The van der Waals surface area contributed by atoms with Gasteiger partial charge in [-0.05, 0) is 25.7 Å². The van der Waals surface area contributed by atoms with Crippen molar-refractivity contribution in [2.75, 3.05) is 26.9 Å². The van der Waals surface area contributed by atoms with Gasteiger partial charge in [-0.2, -0.15) is 0 Å². The Labute approximate surface area is 96.7 Å². The normalized spacial score (nSPS) is 22.8. The van der Waals surface area contributed by atoms with Crippen LogP contribution in [-0.4, -0.2) is 44.9 Å². The minimum absolute atomic E-state index is 0.119. The number of nitrogens with two attached hydrogens (primary N) is 1. The van der Waals surface area contributed by atoms with E-state index >= 15 is 0 Å². The first-order valence-electron chi connectivity index (χ1n) is 5.88. The Balaban J connectivity index is 2.12. The fraction of sp³-hybridized carbons (Fsp3) is 0.909. The molecular weight excluding hydrogens is 208 g/mol. The van der Waals surface area contributed by atoms with Crippen molar-refractivity contribution in [3.8, 4) is 0 Å². The third-order valence-corrected chi connectivity index (χ3v) is 2.75. The van der Waals surface area contributed by atoms with Gasteiger partial charge >= 0.3 is 0 Å². The van der Waals surface area contributed by atoms with Gasteiger partial charge in [-0.3, -0.25) is 4.79 Å². The summed E-state index contributed by atoms with van der Waals surface area (Å²) in [6.07, 6.45) is 4.03. The predicted molar refractivity (Wildman–Crippen MR) is 61.1 cm³/mol. The van der Waals surface area contributed by atoms with E-state index in [1.165, 1.54) is 6.42 Å². The third kappa shape index (κ3) is 4.92. The Morgan fingerprint density at radius 1 is 1.62 bits per heavy atom. The Morgan fingerprint density at radius 3 is 3.06 bits per heavy atom. The first-order chi connectivity index (χ1) is 7.74. The zero-order valence-electron chi connectivity index (χ0n) is 9.91. The summed E-state index contributed by atoms with van der Waals surface area (Å²) in [5.74, 6) is -0.119. The van der Waals surface area contributed by atoms with E-state index in [1.54, 1.807) is 7.11 Å². The second-order valence-electron chi connectivity index (χ2n) is 4.12. The van der Waals surface area contributed by atoms with Gasteiger partial charge in [0.2, 0.25) is 5.91 Å². The lowest BCUT2D eigenvalue weighted by Gasteiger charge is -2.23. The molecule has 2 unspecified atom stereocenters. The number of rotatable bonds is 6. The largest absolute Gasteiger partial charge is 0.385 e. The summed E-state index contributed by atoms with van der Waals surface area (Å²) in [4.78, 5) is 11.5. The van der Waals surface area contributed by atoms with Gasteiger partial charge in [0.05, 0.1) is 12.1 Å². The summed E-state index contributed by atoms with van der Waals surface area (Å²) in [7, 11) is 1.60. The lowest BCUT2D eigenvalue weighted by atomic mass is 10.1. The minimum atomic E-state index is -0.483. The highest BCUT2D eigenvalue weighted by Crippen LogP contribution is 2.11. The van der Waals surface area contributed by atoms with Crippen molar-refractivity contribution in [2.24, 2.45) is 5.73 Å². The smallest absolute Gasteiger partial charge is 0.237 e. The summed E-state index contributed by atoms with van der Waals surface area (Å²) < 4.78 is 10.4. The van der Waals surface area contributed by atoms with E-state index in [2.05, 4.69) is 5.32 Å². The maximum Gasteiger partial charge on any atom is 0.237 e. The zero-order chi connectivity index (χ0) is 11.8. The third-order valence-electron chi connectivity index (χ3n) is 2.75. The molecule has 0 aromatic carbocycles. The maximum absolute atomic E-state index is 11.5. The molecule has 0 saturated carbocycles. The molecule has 5 nitrogen and oxygen atoms in total. The van der Waals surface area contributed by atoms with Crippen molar-refractivity contribution < 1.29 is 14.3 Å². The molecule has 16 heavy (non-hydrogen) atoms. The van der Waals surface area contributed by atoms with Crippen LogP contribution in [0.2, 0.25) is 0 Å². The molecule has 0 spiro atoms. The van der Waals surface area contributed by atoms with Crippen LogP contribution >= 0.6 is 0 Å². The standard InChI is InChI=1S/C11H22N2O3/c1-15-7-5-10(12)11(14)13-8-9-4-2-3-6-16-9/h9-10H,2-8,12H2,1H3,(H,13,14). The molecule has 1 heterocycles. The van der Waals surface area contributed by atoms with Crippen molar-refractivity contribution >= 4 is 5.91 Å². The highest BCUT2D eigenvalue weighted by molar-refractivity contribution is 5.81. The first kappa shape index (κ1) is 13.4. The van der Waals surface area contributed by atoms with Gasteiger partial charge in [0.15, 0.2) is 0 Å². The molecule has 0 radical (unpaired) electrons. The molecule has 1 amide bonds. The van der Waals surface area contributed by atoms with Crippen LogP contribution < -0.4 is 11.1 Å². The topological polar surface area (TPSA) is 73.6 Å². The Kier molecular flexibility index (Phi) is 6.37. The number of carbonyl (C=O) groups is 1. The molecule has 0 bridgehead atoms. The van der Waals surface area contributed by atoms with Crippen LogP contribution in [0.4, 0.5) is 0 Å². The van der Waals surface area contributed by atoms with Crippen LogP contribution in [0.5, 0.6) is 0 Å². The van der Waals surface area contributed by atoms with Crippen molar-refractivity contribution in [3.05, 3.63) is 0 Å². The highest BCUT2D eigenvalue weighted by atomic mass is 16.5. The fourth-order valence-electron chi connectivity index (χ4n) is 1.69.